The van der Waals surface area contributed by atoms with Crippen LogP contribution in [0.1, 0.15) is 23.0 Å². The smallest absolute Gasteiger partial charge is 0.294 e. The number of ketones is 1. The molecule has 0 amide bonds. The monoisotopic (exact) mass is 288 g/mol. The van der Waals surface area contributed by atoms with E-state index in [0.717, 1.165) is 13.1 Å². The third-order valence-corrected chi connectivity index (χ3v) is 2.70. The van der Waals surface area contributed by atoms with Crippen molar-refractivity contribution < 1.29 is 18.0 Å². The van der Waals surface area contributed by atoms with Gasteiger partial charge in [-0.15, -0.1) is 0 Å². The molecule has 0 spiro atoms. The average molecular weight is 289 g/mol. The van der Waals surface area contributed by atoms with Gasteiger partial charge < -0.3 is 0 Å². The van der Waals surface area contributed by atoms with Gasteiger partial charge >= 0.3 is 6.18 Å². The predicted molar refractivity (Wildman–Crippen MR) is 63.6 cm³/mol. The molecule has 3 nitrogen and oxygen atoms in total. The Labute approximate surface area is 111 Å². The van der Waals surface area contributed by atoms with E-state index in [-0.39, 0.29) is 10.7 Å². The highest BCUT2D eigenvalue weighted by molar-refractivity contribution is 6.30. The van der Waals surface area contributed by atoms with Crippen molar-refractivity contribution in [2.24, 2.45) is 0 Å². The maximum Gasteiger partial charge on any atom is 0.434 e. The number of alkyl halides is 3. The number of hydrogen-bond acceptors (Lipinski definition) is 2. The van der Waals surface area contributed by atoms with Crippen LogP contribution in [-0.4, -0.2) is 15.6 Å². The van der Waals surface area contributed by atoms with E-state index in [2.05, 4.69) is 5.10 Å². The first-order chi connectivity index (χ1) is 8.80. The highest BCUT2D eigenvalue weighted by Crippen LogP contribution is 2.34. The number of rotatable bonds is 2. The molecule has 0 fully saturated rings. The molecule has 0 atom stereocenters. The molecule has 1 heterocycles. The van der Waals surface area contributed by atoms with Crippen LogP contribution in [0.15, 0.2) is 30.5 Å². The Hall–Kier alpha value is -1.82. The minimum atomic E-state index is -4.68. The number of benzene rings is 1. The quantitative estimate of drug-likeness (QED) is 0.789. The van der Waals surface area contributed by atoms with Crippen LogP contribution in [0.4, 0.5) is 13.2 Å². The molecule has 0 N–H and O–H groups in total. The van der Waals surface area contributed by atoms with E-state index in [4.69, 9.17) is 11.6 Å². The van der Waals surface area contributed by atoms with Crippen molar-refractivity contribution in [3.05, 3.63) is 46.7 Å². The Morgan fingerprint density at radius 3 is 2.58 bits per heavy atom. The minimum Gasteiger partial charge on any atom is -0.294 e. The normalized spacial score (nSPS) is 11.6. The van der Waals surface area contributed by atoms with Gasteiger partial charge in [0.25, 0.3) is 0 Å². The summed E-state index contributed by atoms with van der Waals surface area (Å²) in [6.07, 6.45) is -3.77. The minimum absolute atomic E-state index is 0.146. The van der Waals surface area contributed by atoms with Crippen LogP contribution >= 0.6 is 11.6 Å². The van der Waals surface area contributed by atoms with Gasteiger partial charge in [-0.25, -0.2) is 4.68 Å². The fourth-order valence-corrected chi connectivity index (χ4v) is 1.87. The molecule has 2 aromatic rings. The SMILES string of the molecule is CC(=O)c1cnn(-c2cccc(Cl)c2)c1C(F)(F)F. The number of hydrogen-bond donors (Lipinski definition) is 0. The van der Waals surface area contributed by atoms with Crippen LogP contribution in [-0.2, 0) is 6.18 Å². The third-order valence-electron chi connectivity index (χ3n) is 2.47. The van der Waals surface area contributed by atoms with Crippen LogP contribution < -0.4 is 0 Å². The first-order valence-electron chi connectivity index (χ1n) is 5.23. The zero-order valence-electron chi connectivity index (χ0n) is 9.70. The molecule has 0 radical (unpaired) electrons. The summed E-state index contributed by atoms with van der Waals surface area (Å²) < 4.78 is 39.8. The Morgan fingerprint density at radius 1 is 1.37 bits per heavy atom. The molecule has 1 aromatic carbocycles. The lowest BCUT2D eigenvalue weighted by atomic mass is 10.1. The van der Waals surface area contributed by atoms with E-state index in [1.807, 2.05) is 0 Å². The van der Waals surface area contributed by atoms with Gasteiger partial charge in [0.15, 0.2) is 11.5 Å². The van der Waals surface area contributed by atoms with Crippen LogP contribution in [0.3, 0.4) is 0 Å². The fourth-order valence-electron chi connectivity index (χ4n) is 1.68. The van der Waals surface area contributed by atoms with Crippen molar-refractivity contribution in [2.45, 2.75) is 13.1 Å². The molecule has 0 bridgehead atoms. The summed E-state index contributed by atoms with van der Waals surface area (Å²) in [5.41, 5.74) is -1.41. The lowest BCUT2D eigenvalue weighted by molar-refractivity contribution is -0.143. The summed E-state index contributed by atoms with van der Waals surface area (Å²) >= 11 is 5.74. The molecule has 0 aliphatic carbocycles. The van der Waals surface area contributed by atoms with Gasteiger partial charge in [0.1, 0.15) is 0 Å². The van der Waals surface area contributed by atoms with Gasteiger partial charge in [-0.2, -0.15) is 18.3 Å². The maximum atomic E-state index is 13.0. The molecule has 0 saturated carbocycles. The van der Waals surface area contributed by atoms with Crippen LogP contribution in [0.25, 0.3) is 5.69 Å². The van der Waals surface area contributed by atoms with E-state index in [9.17, 15) is 18.0 Å². The van der Waals surface area contributed by atoms with E-state index in [1.54, 1.807) is 0 Å². The highest BCUT2D eigenvalue weighted by atomic mass is 35.5. The molecule has 0 aliphatic heterocycles. The summed E-state index contributed by atoms with van der Waals surface area (Å²) in [7, 11) is 0. The van der Waals surface area contributed by atoms with Gasteiger partial charge in [0, 0.05) is 5.02 Å². The van der Waals surface area contributed by atoms with Crippen molar-refractivity contribution in [1.82, 2.24) is 9.78 Å². The lowest BCUT2D eigenvalue weighted by Gasteiger charge is -2.12. The molecule has 0 aliphatic rings. The topological polar surface area (TPSA) is 34.9 Å². The number of aromatic nitrogens is 2. The fraction of sp³-hybridized carbons (Fsp3) is 0.167. The number of nitrogens with zero attached hydrogens (tertiary/aromatic N) is 2. The average Bonchev–Trinajstić information content (AvgIpc) is 2.73. The summed E-state index contributed by atoms with van der Waals surface area (Å²) in [6.45, 7) is 1.06. The van der Waals surface area contributed by atoms with E-state index < -0.39 is 23.2 Å². The van der Waals surface area contributed by atoms with Crippen molar-refractivity contribution in [1.29, 1.82) is 0 Å². The Bertz CT molecular complexity index is 634. The first-order valence-corrected chi connectivity index (χ1v) is 5.60. The molecule has 7 heteroatoms. The van der Waals surface area contributed by atoms with Gasteiger partial charge in [-0.05, 0) is 25.1 Å². The number of carbonyl (C=O) groups excluding carboxylic acids is 1. The molecule has 1 aromatic heterocycles. The zero-order chi connectivity index (χ0) is 14.2. The number of halogens is 4. The van der Waals surface area contributed by atoms with E-state index in [0.29, 0.717) is 4.68 Å². The van der Waals surface area contributed by atoms with Crippen LogP contribution in [0.5, 0.6) is 0 Å². The van der Waals surface area contributed by atoms with Crippen LogP contribution in [0.2, 0.25) is 5.02 Å². The second-order valence-corrected chi connectivity index (χ2v) is 4.29. The largest absolute Gasteiger partial charge is 0.434 e. The highest BCUT2D eigenvalue weighted by Gasteiger charge is 2.39. The van der Waals surface area contributed by atoms with Gasteiger partial charge in [0.2, 0.25) is 0 Å². The van der Waals surface area contributed by atoms with Gasteiger partial charge in [-0.3, -0.25) is 4.79 Å². The summed E-state index contributed by atoms with van der Waals surface area (Å²) in [6, 6.07) is 5.81. The second kappa shape index (κ2) is 4.70. The number of carbonyl (C=O) groups is 1. The molecule has 0 saturated heterocycles. The number of Topliss-reactive ketones (excluding diaryl/α,β-unsaturated/α-hetero) is 1. The predicted octanol–water partition coefficient (Wildman–Crippen LogP) is 3.75. The van der Waals surface area contributed by atoms with E-state index >= 15 is 0 Å². The molecule has 0 unspecified atom stereocenters. The summed E-state index contributed by atoms with van der Waals surface area (Å²) in [5, 5.41) is 3.92. The second-order valence-electron chi connectivity index (χ2n) is 3.85. The molecule has 100 valence electrons. The summed E-state index contributed by atoms with van der Waals surface area (Å²) in [5.74, 6) is -0.694. The third kappa shape index (κ3) is 2.63. The molecule has 2 rings (SSSR count). The Kier molecular flexibility index (Phi) is 3.36. The van der Waals surface area contributed by atoms with Crippen molar-refractivity contribution >= 4 is 17.4 Å². The maximum absolute atomic E-state index is 13.0. The van der Waals surface area contributed by atoms with E-state index in [1.165, 1.54) is 24.3 Å². The van der Waals surface area contributed by atoms with Crippen molar-refractivity contribution in [2.75, 3.05) is 0 Å². The van der Waals surface area contributed by atoms with Gasteiger partial charge in [0.05, 0.1) is 17.4 Å². The standard InChI is InChI=1S/C12H8ClF3N2O/c1-7(19)10-6-17-18(11(10)12(14,15)16)9-4-2-3-8(13)5-9/h2-6H,1H3. The van der Waals surface area contributed by atoms with Crippen molar-refractivity contribution in [3.63, 3.8) is 0 Å². The summed E-state index contributed by atoms with van der Waals surface area (Å²) in [4.78, 5) is 11.2. The van der Waals surface area contributed by atoms with Crippen molar-refractivity contribution in [3.8, 4) is 5.69 Å². The Morgan fingerprint density at radius 2 is 2.05 bits per heavy atom. The molecular formula is C12H8ClF3N2O. The van der Waals surface area contributed by atoms with Gasteiger partial charge in [-0.1, -0.05) is 17.7 Å². The zero-order valence-corrected chi connectivity index (χ0v) is 10.5. The lowest BCUT2D eigenvalue weighted by Crippen LogP contribution is -2.16. The molecule has 19 heavy (non-hydrogen) atoms. The molecular weight excluding hydrogens is 281 g/mol. The first kappa shape index (κ1) is 13.6. The van der Waals surface area contributed by atoms with Crippen LogP contribution in [0, 0.1) is 0 Å². The Balaban J connectivity index is 2.68.